The molecule has 0 saturated carbocycles. The van der Waals surface area contributed by atoms with Crippen LogP contribution in [0.4, 0.5) is 4.79 Å². The number of hydrogen-bond donors (Lipinski definition) is 3. The van der Waals surface area contributed by atoms with Crippen molar-refractivity contribution in [1.82, 2.24) is 20.4 Å². The predicted octanol–water partition coefficient (Wildman–Crippen LogP) is 2.23. The molecule has 24 heavy (non-hydrogen) atoms. The second-order valence-corrected chi connectivity index (χ2v) is 5.94. The molecule has 2 amide bonds. The molecule has 0 radical (unpaired) electrons. The number of urea groups is 1. The van der Waals surface area contributed by atoms with E-state index in [1.807, 2.05) is 41.9 Å². The highest BCUT2D eigenvalue weighted by molar-refractivity contribution is 5.73. The molecule has 0 unspecified atom stereocenters. The van der Waals surface area contributed by atoms with Crippen LogP contribution >= 0.6 is 0 Å². The average Bonchev–Trinajstić information content (AvgIpc) is 2.84. The molecule has 2 rings (SSSR count). The summed E-state index contributed by atoms with van der Waals surface area (Å²) < 4.78 is 1.98. The van der Waals surface area contributed by atoms with E-state index in [1.165, 1.54) is 11.3 Å². The van der Waals surface area contributed by atoms with Crippen molar-refractivity contribution in [2.45, 2.75) is 39.8 Å². The Morgan fingerprint density at radius 1 is 1.21 bits per heavy atom. The smallest absolute Gasteiger partial charge is 0.314 e. The van der Waals surface area contributed by atoms with Crippen LogP contribution in [0.2, 0.25) is 0 Å². The van der Waals surface area contributed by atoms with Crippen molar-refractivity contribution >= 4 is 6.03 Å². The van der Waals surface area contributed by atoms with Crippen molar-refractivity contribution in [2.75, 3.05) is 13.1 Å². The van der Waals surface area contributed by atoms with E-state index in [9.17, 15) is 9.90 Å². The van der Waals surface area contributed by atoms with E-state index in [4.69, 9.17) is 0 Å². The predicted molar refractivity (Wildman–Crippen MR) is 93.9 cm³/mol. The zero-order chi connectivity index (χ0) is 17.5. The molecule has 0 saturated heterocycles. The molecule has 6 heteroatoms. The third kappa shape index (κ3) is 4.83. The number of aliphatic hydroxyl groups excluding tert-OH is 1. The zero-order valence-electron chi connectivity index (χ0n) is 14.5. The number of nitrogens with one attached hydrogen (secondary N) is 2. The summed E-state index contributed by atoms with van der Waals surface area (Å²) >= 11 is 0. The lowest BCUT2D eigenvalue weighted by Gasteiger charge is -2.13. The van der Waals surface area contributed by atoms with Crippen LogP contribution in [0.15, 0.2) is 30.3 Å². The highest BCUT2D eigenvalue weighted by Crippen LogP contribution is 2.11. The number of aliphatic hydroxyl groups is 1. The largest absolute Gasteiger partial charge is 0.387 e. The van der Waals surface area contributed by atoms with Gasteiger partial charge in [-0.15, -0.1) is 0 Å². The molecular weight excluding hydrogens is 304 g/mol. The van der Waals surface area contributed by atoms with Gasteiger partial charge in [0.15, 0.2) is 0 Å². The van der Waals surface area contributed by atoms with Gasteiger partial charge in [-0.3, -0.25) is 4.68 Å². The number of amides is 2. The molecule has 1 aromatic carbocycles. The van der Waals surface area contributed by atoms with Crippen molar-refractivity contribution in [2.24, 2.45) is 0 Å². The molecule has 0 aliphatic rings. The Morgan fingerprint density at radius 3 is 2.54 bits per heavy atom. The van der Waals surface area contributed by atoms with Gasteiger partial charge in [-0.2, -0.15) is 5.10 Å². The fraction of sp³-hybridized carbons (Fsp3) is 0.444. The van der Waals surface area contributed by atoms with Gasteiger partial charge in [-0.1, -0.05) is 30.3 Å². The monoisotopic (exact) mass is 330 g/mol. The summed E-state index contributed by atoms with van der Waals surface area (Å²) in [7, 11) is 0. The normalized spacial score (nSPS) is 12.0. The Kier molecular flexibility index (Phi) is 6.37. The molecule has 1 aromatic heterocycles. The number of benzene rings is 1. The fourth-order valence-electron chi connectivity index (χ4n) is 2.48. The number of rotatable bonds is 7. The first-order chi connectivity index (χ1) is 11.5. The molecular formula is C18H26N4O2. The first-order valence-corrected chi connectivity index (χ1v) is 8.24. The van der Waals surface area contributed by atoms with Gasteiger partial charge in [0, 0.05) is 25.3 Å². The van der Waals surface area contributed by atoms with Gasteiger partial charge in [0.2, 0.25) is 0 Å². The second-order valence-electron chi connectivity index (χ2n) is 5.94. The van der Waals surface area contributed by atoms with Crippen molar-refractivity contribution < 1.29 is 9.90 Å². The third-order valence-electron chi connectivity index (χ3n) is 4.22. The summed E-state index contributed by atoms with van der Waals surface area (Å²) in [4.78, 5) is 11.8. The standard InChI is InChI=1S/C18H26N4O2/c1-13-14(2)21-22(15(13)3)11-7-10-19-18(24)20-12-17(23)16-8-5-4-6-9-16/h4-6,8-9,17,23H,7,10-12H2,1-3H3,(H2,19,20,24)/t17-/m1/s1. The van der Waals surface area contributed by atoms with Gasteiger partial charge in [-0.25, -0.2) is 4.79 Å². The van der Waals surface area contributed by atoms with Gasteiger partial charge < -0.3 is 15.7 Å². The van der Waals surface area contributed by atoms with Gasteiger partial charge in [0.1, 0.15) is 0 Å². The first-order valence-electron chi connectivity index (χ1n) is 8.24. The molecule has 0 spiro atoms. The average molecular weight is 330 g/mol. The summed E-state index contributed by atoms with van der Waals surface area (Å²) in [6.45, 7) is 7.64. The Labute approximate surface area is 142 Å². The van der Waals surface area contributed by atoms with Gasteiger partial charge in [0.25, 0.3) is 0 Å². The topological polar surface area (TPSA) is 79.2 Å². The number of aryl methyl sites for hydroxylation is 2. The SMILES string of the molecule is Cc1nn(CCCNC(=O)NC[C@@H](O)c2ccccc2)c(C)c1C. The number of hydrogen-bond acceptors (Lipinski definition) is 3. The lowest BCUT2D eigenvalue weighted by Crippen LogP contribution is -2.38. The summed E-state index contributed by atoms with van der Waals surface area (Å²) in [6.07, 6.45) is 0.102. The lowest BCUT2D eigenvalue weighted by molar-refractivity contribution is 0.173. The van der Waals surface area contributed by atoms with E-state index in [0.29, 0.717) is 6.54 Å². The van der Waals surface area contributed by atoms with Crippen molar-refractivity contribution in [3.63, 3.8) is 0 Å². The van der Waals surface area contributed by atoms with E-state index < -0.39 is 6.10 Å². The minimum atomic E-state index is -0.699. The van der Waals surface area contributed by atoms with Gasteiger partial charge in [0.05, 0.1) is 11.8 Å². The maximum Gasteiger partial charge on any atom is 0.314 e. The summed E-state index contributed by atoms with van der Waals surface area (Å²) in [6, 6.07) is 9.01. The minimum Gasteiger partial charge on any atom is -0.387 e. The van der Waals surface area contributed by atoms with Crippen LogP contribution in [0, 0.1) is 20.8 Å². The van der Waals surface area contributed by atoms with E-state index in [0.717, 1.165) is 24.2 Å². The first kappa shape index (κ1) is 18.0. The van der Waals surface area contributed by atoms with Crippen LogP contribution in [0.5, 0.6) is 0 Å². The van der Waals surface area contributed by atoms with Gasteiger partial charge >= 0.3 is 6.03 Å². The highest BCUT2D eigenvalue weighted by Gasteiger charge is 2.09. The molecule has 0 fully saturated rings. The van der Waals surface area contributed by atoms with Gasteiger partial charge in [-0.05, 0) is 38.3 Å². The van der Waals surface area contributed by atoms with Crippen LogP contribution in [-0.4, -0.2) is 34.0 Å². The molecule has 0 bridgehead atoms. The maximum atomic E-state index is 11.8. The van der Waals surface area contributed by atoms with Crippen LogP contribution < -0.4 is 10.6 Å². The molecule has 1 atom stereocenters. The van der Waals surface area contributed by atoms with Crippen LogP contribution in [0.1, 0.15) is 35.0 Å². The quantitative estimate of drug-likeness (QED) is 0.681. The lowest BCUT2D eigenvalue weighted by atomic mass is 10.1. The fourth-order valence-corrected chi connectivity index (χ4v) is 2.48. The Morgan fingerprint density at radius 2 is 1.92 bits per heavy atom. The van der Waals surface area contributed by atoms with E-state index in [-0.39, 0.29) is 12.6 Å². The molecule has 130 valence electrons. The van der Waals surface area contributed by atoms with Crippen molar-refractivity contribution in [3.05, 3.63) is 52.8 Å². The van der Waals surface area contributed by atoms with E-state index >= 15 is 0 Å². The molecule has 0 aliphatic heterocycles. The maximum absolute atomic E-state index is 11.8. The van der Waals surface area contributed by atoms with Crippen LogP contribution in [-0.2, 0) is 6.54 Å². The van der Waals surface area contributed by atoms with Crippen molar-refractivity contribution in [3.8, 4) is 0 Å². The van der Waals surface area contributed by atoms with E-state index in [1.54, 1.807) is 0 Å². The summed E-state index contributed by atoms with van der Waals surface area (Å²) in [5.74, 6) is 0. The minimum absolute atomic E-state index is 0.187. The summed E-state index contributed by atoms with van der Waals surface area (Å²) in [5.41, 5.74) is 4.23. The Balaban J connectivity index is 1.65. The Hall–Kier alpha value is -2.34. The molecule has 0 aliphatic carbocycles. The van der Waals surface area contributed by atoms with Crippen molar-refractivity contribution in [1.29, 1.82) is 0 Å². The zero-order valence-corrected chi connectivity index (χ0v) is 14.5. The number of carbonyl (C=O) groups is 1. The molecule has 6 nitrogen and oxygen atoms in total. The van der Waals surface area contributed by atoms with Crippen LogP contribution in [0.3, 0.4) is 0 Å². The number of carbonyl (C=O) groups excluding carboxylic acids is 1. The molecule has 2 aromatic rings. The molecule has 1 heterocycles. The second kappa shape index (κ2) is 8.49. The number of aromatic nitrogens is 2. The molecule has 3 N–H and O–H groups in total. The third-order valence-corrected chi connectivity index (χ3v) is 4.22. The number of nitrogens with zero attached hydrogens (tertiary/aromatic N) is 2. The Bertz CT molecular complexity index is 667. The van der Waals surface area contributed by atoms with E-state index in [2.05, 4.69) is 29.6 Å². The summed E-state index contributed by atoms with van der Waals surface area (Å²) in [5, 5.41) is 19.9. The van der Waals surface area contributed by atoms with Crippen LogP contribution in [0.25, 0.3) is 0 Å². The highest BCUT2D eigenvalue weighted by atomic mass is 16.3.